The van der Waals surface area contributed by atoms with Crippen molar-refractivity contribution in [2.24, 2.45) is 5.92 Å². The summed E-state index contributed by atoms with van der Waals surface area (Å²) >= 11 is 0. The van der Waals surface area contributed by atoms with E-state index in [4.69, 9.17) is 0 Å². The molecule has 0 radical (unpaired) electrons. The normalized spacial score (nSPS) is 19.3. The lowest BCUT2D eigenvalue weighted by molar-refractivity contribution is 0.529. The van der Waals surface area contributed by atoms with E-state index in [0.29, 0.717) is 0 Å². The second-order valence-electron chi connectivity index (χ2n) is 5.09. The quantitative estimate of drug-likeness (QED) is 0.870. The number of nitrogens with zero attached hydrogens (tertiary/aromatic N) is 3. The van der Waals surface area contributed by atoms with Crippen LogP contribution in [0.4, 0.5) is 11.6 Å². The average Bonchev–Trinajstić information content (AvgIpc) is 2.81. The van der Waals surface area contributed by atoms with Crippen LogP contribution in [0.2, 0.25) is 0 Å². The van der Waals surface area contributed by atoms with Gasteiger partial charge in [0.05, 0.1) is 0 Å². The Morgan fingerprint density at radius 3 is 2.94 bits per heavy atom. The van der Waals surface area contributed by atoms with Crippen LogP contribution < -0.4 is 10.2 Å². The fraction of sp³-hybridized carbons (Fsp3) is 0.714. The lowest BCUT2D eigenvalue weighted by Crippen LogP contribution is -2.22. The second kappa shape index (κ2) is 6.03. The van der Waals surface area contributed by atoms with Crippen molar-refractivity contribution < 1.29 is 0 Å². The number of aromatic nitrogens is 2. The van der Waals surface area contributed by atoms with Gasteiger partial charge < -0.3 is 10.2 Å². The van der Waals surface area contributed by atoms with Crippen LogP contribution in [0.5, 0.6) is 0 Å². The van der Waals surface area contributed by atoms with Crippen molar-refractivity contribution in [2.45, 2.75) is 40.0 Å². The van der Waals surface area contributed by atoms with Gasteiger partial charge in [0.1, 0.15) is 18.0 Å². The van der Waals surface area contributed by atoms with Crippen molar-refractivity contribution in [1.82, 2.24) is 9.97 Å². The molecule has 18 heavy (non-hydrogen) atoms. The Morgan fingerprint density at radius 1 is 1.39 bits per heavy atom. The van der Waals surface area contributed by atoms with Gasteiger partial charge in [0.15, 0.2) is 0 Å². The molecular weight excluding hydrogens is 224 g/mol. The lowest BCUT2D eigenvalue weighted by Gasteiger charge is -2.20. The molecule has 1 aromatic heterocycles. The zero-order chi connectivity index (χ0) is 13.0. The molecule has 1 unspecified atom stereocenters. The van der Waals surface area contributed by atoms with E-state index < -0.39 is 0 Å². The molecule has 4 nitrogen and oxygen atoms in total. The Balaban J connectivity index is 2.12. The summed E-state index contributed by atoms with van der Waals surface area (Å²) in [5.41, 5.74) is 1.18. The van der Waals surface area contributed by atoms with Crippen LogP contribution in [0.25, 0.3) is 0 Å². The number of hydrogen-bond acceptors (Lipinski definition) is 4. The fourth-order valence-corrected chi connectivity index (χ4v) is 2.77. The van der Waals surface area contributed by atoms with Crippen molar-refractivity contribution in [1.29, 1.82) is 0 Å². The highest BCUT2D eigenvalue weighted by Gasteiger charge is 2.24. The highest BCUT2D eigenvalue weighted by atomic mass is 15.2. The van der Waals surface area contributed by atoms with Gasteiger partial charge in [0, 0.05) is 25.2 Å². The summed E-state index contributed by atoms with van der Waals surface area (Å²) in [4.78, 5) is 11.2. The molecular formula is C14H24N4. The maximum atomic E-state index is 4.47. The van der Waals surface area contributed by atoms with Crippen LogP contribution in [-0.4, -0.2) is 29.6 Å². The minimum Gasteiger partial charge on any atom is -0.370 e. The van der Waals surface area contributed by atoms with Crippen LogP contribution in [0.15, 0.2) is 6.33 Å². The molecule has 0 aromatic carbocycles. The summed E-state index contributed by atoms with van der Waals surface area (Å²) in [7, 11) is 0. The molecule has 0 spiro atoms. The summed E-state index contributed by atoms with van der Waals surface area (Å²) in [5, 5.41) is 3.30. The lowest BCUT2D eigenvalue weighted by atomic mass is 10.0. The third-order valence-corrected chi connectivity index (χ3v) is 3.68. The third-order valence-electron chi connectivity index (χ3n) is 3.68. The molecule has 4 heteroatoms. The maximum absolute atomic E-state index is 4.47. The number of rotatable bonds is 5. The first-order valence-electron chi connectivity index (χ1n) is 7.06. The van der Waals surface area contributed by atoms with E-state index in [2.05, 4.69) is 41.0 Å². The van der Waals surface area contributed by atoms with Gasteiger partial charge in [-0.2, -0.15) is 0 Å². The van der Waals surface area contributed by atoms with Gasteiger partial charge in [-0.05, 0) is 32.6 Å². The summed E-state index contributed by atoms with van der Waals surface area (Å²) in [6.45, 7) is 9.65. The van der Waals surface area contributed by atoms with Gasteiger partial charge in [0.25, 0.3) is 0 Å². The van der Waals surface area contributed by atoms with Crippen molar-refractivity contribution in [3.8, 4) is 0 Å². The van der Waals surface area contributed by atoms with E-state index in [-0.39, 0.29) is 0 Å². The molecule has 0 amide bonds. The standard InChI is InChI=1S/C14H24N4/c1-4-6-12-7-8-18(9-12)14-11(3)13(15-5-2)16-10-17-14/h10,12H,4-9H2,1-3H3,(H,15,16,17). The van der Waals surface area contributed by atoms with Crippen LogP contribution >= 0.6 is 0 Å². The van der Waals surface area contributed by atoms with E-state index >= 15 is 0 Å². The third kappa shape index (κ3) is 2.74. The largest absolute Gasteiger partial charge is 0.370 e. The maximum Gasteiger partial charge on any atom is 0.137 e. The summed E-state index contributed by atoms with van der Waals surface area (Å²) in [6, 6.07) is 0. The Labute approximate surface area is 110 Å². The molecule has 1 aliphatic rings. The molecule has 0 bridgehead atoms. The van der Waals surface area contributed by atoms with E-state index in [1.54, 1.807) is 6.33 Å². The second-order valence-corrected chi connectivity index (χ2v) is 5.09. The van der Waals surface area contributed by atoms with Crippen LogP contribution in [0.1, 0.15) is 38.7 Å². The van der Waals surface area contributed by atoms with E-state index in [0.717, 1.165) is 37.2 Å². The van der Waals surface area contributed by atoms with Gasteiger partial charge in [-0.15, -0.1) is 0 Å². The van der Waals surface area contributed by atoms with Crippen LogP contribution in [0.3, 0.4) is 0 Å². The SMILES string of the molecule is CCCC1CCN(c2ncnc(NCC)c2C)C1. The molecule has 1 aliphatic heterocycles. The molecule has 2 rings (SSSR count). The van der Waals surface area contributed by atoms with Gasteiger partial charge in [-0.25, -0.2) is 9.97 Å². The number of nitrogens with one attached hydrogen (secondary N) is 1. The summed E-state index contributed by atoms with van der Waals surface area (Å²) in [6.07, 6.45) is 5.59. The minimum absolute atomic E-state index is 0.840. The van der Waals surface area contributed by atoms with E-state index in [1.165, 1.54) is 24.8 Å². The Hall–Kier alpha value is -1.32. The fourth-order valence-electron chi connectivity index (χ4n) is 2.77. The molecule has 1 N–H and O–H groups in total. The first kappa shape index (κ1) is 13.1. The zero-order valence-corrected chi connectivity index (χ0v) is 11.7. The van der Waals surface area contributed by atoms with Gasteiger partial charge in [-0.1, -0.05) is 13.3 Å². The van der Waals surface area contributed by atoms with Crippen molar-refractivity contribution in [2.75, 3.05) is 29.9 Å². The van der Waals surface area contributed by atoms with Crippen LogP contribution in [-0.2, 0) is 0 Å². The number of hydrogen-bond donors (Lipinski definition) is 1. The first-order valence-corrected chi connectivity index (χ1v) is 7.06. The van der Waals surface area contributed by atoms with E-state index in [9.17, 15) is 0 Å². The molecule has 0 saturated carbocycles. The van der Waals surface area contributed by atoms with Gasteiger partial charge in [0.2, 0.25) is 0 Å². The Morgan fingerprint density at radius 2 is 2.22 bits per heavy atom. The average molecular weight is 248 g/mol. The predicted octanol–water partition coefficient (Wildman–Crippen LogP) is 2.84. The predicted molar refractivity (Wildman–Crippen MR) is 76.2 cm³/mol. The molecule has 1 saturated heterocycles. The molecule has 1 fully saturated rings. The van der Waals surface area contributed by atoms with Crippen molar-refractivity contribution in [3.63, 3.8) is 0 Å². The monoisotopic (exact) mass is 248 g/mol. The molecule has 0 aliphatic carbocycles. The molecule has 2 heterocycles. The molecule has 100 valence electrons. The number of anilines is 2. The van der Waals surface area contributed by atoms with Crippen molar-refractivity contribution >= 4 is 11.6 Å². The topological polar surface area (TPSA) is 41.1 Å². The highest BCUT2D eigenvalue weighted by molar-refractivity contribution is 5.58. The summed E-state index contributed by atoms with van der Waals surface area (Å²) in [5.74, 6) is 2.92. The smallest absolute Gasteiger partial charge is 0.137 e. The molecule has 1 aromatic rings. The molecule has 1 atom stereocenters. The Bertz CT molecular complexity index is 391. The first-order chi connectivity index (χ1) is 8.76. The van der Waals surface area contributed by atoms with Crippen LogP contribution in [0, 0.1) is 12.8 Å². The highest BCUT2D eigenvalue weighted by Crippen LogP contribution is 2.29. The Kier molecular flexibility index (Phi) is 4.39. The van der Waals surface area contributed by atoms with Gasteiger partial charge >= 0.3 is 0 Å². The summed E-state index contributed by atoms with van der Waals surface area (Å²) < 4.78 is 0. The van der Waals surface area contributed by atoms with E-state index in [1.807, 2.05) is 0 Å². The van der Waals surface area contributed by atoms with Gasteiger partial charge in [-0.3, -0.25) is 0 Å². The van der Waals surface area contributed by atoms with Crippen molar-refractivity contribution in [3.05, 3.63) is 11.9 Å². The minimum atomic E-state index is 0.840. The zero-order valence-electron chi connectivity index (χ0n) is 11.7.